The highest BCUT2D eigenvalue weighted by molar-refractivity contribution is 7.80. The first-order valence-electron chi connectivity index (χ1n) is 7.23. The highest BCUT2D eigenvalue weighted by atomic mass is 32.1. The van der Waals surface area contributed by atoms with Crippen LogP contribution in [-0.2, 0) is 12.8 Å². The number of rotatable bonds is 2. The van der Waals surface area contributed by atoms with Gasteiger partial charge in [0.05, 0.1) is 5.69 Å². The Kier molecular flexibility index (Phi) is 4.22. The SMILES string of the molecule is Cc1ccc(NC(=S)Nc2nc3c(s2)CC(C)CC3)cc1. The van der Waals surface area contributed by atoms with Gasteiger partial charge in [-0.1, -0.05) is 24.6 Å². The average molecular weight is 317 g/mol. The predicted octanol–water partition coefficient (Wildman–Crippen LogP) is 4.39. The summed E-state index contributed by atoms with van der Waals surface area (Å²) in [6.07, 6.45) is 3.47. The van der Waals surface area contributed by atoms with Crippen molar-refractivity contribution in [3.63, 3.8) is 0 Å². The van der Waals surface area contributed by atoms with Crippen LogP contribution in [0, 0.1) is 12.8 Å². The van der Waals surface area contributed by atoms with Crippen molar-refractivity contribution in [1.29, 1.82) is 0 Å². The Morgan fingerprint density at radius 3 is 2.81 bits per heavy atom. The molecule has 2 N–H and O–H groups in total. The molecule has 0 saturated heterocycles. The molecule has 110 valence electrons. The van der Waals surface area contributed by atoms with E-state index in [1.165, 1.54) is 22.6 Å². The zero-order chi connectivity index (χ0) is 14.8. The Bertz CT molecular complexity index is 646. The van der Waals surface area contributed by atoms with Crippen LogP contribution in [0.3, 0.4) is 0 Å². The smallest absolute Gasteiger partial charge is 0.189 e. The minimum Gasteiger partial charge on any atom is -0.332 e. The molecule has 1 aliphatic rings. The van der Waals surface area contributed by atoms with Crippen molar-refractivity contribution in [3.8, 4) is 0 Å². The molecule has 3 rings (SSSR count). The summed E-state index contributed by atoms with van der Waals surface area (Å²) >= 11 is 7.09. The average Bonchev–Trinajstić information content (AvgIpc) is 2.82. The first kappa shape index (κ1) is 14.5. The fraction of sp³-hybridized carbons (Fsp3) is 0.375. The van der Waals surface area contributed by atoms with Crippen LogP contribution in [-0.4, -0.2) is 10.1 Å². The number of fused-ring (bicyclic) bond motifs is 1. The molecule has 3 nitrogen and oxygen atoms in total. The fourth-order valence-corrected chi connectivity index (χ4v) is 3.94. The summed E-state index contributed by atoms with van der Waals surface area (Å²) in [7, 11) is 0. The summed E-state index contributed by atoms with van der Waals surface area (Å²) in [6, 6.07) is 8.18. The van der Waals surface area contributed by atoms with Crippen molar-refractivity contribution in [2.75, 3.05) is 10.6 Å². The van der Waals surface area contributed by atoms with Crippen molar-refractivity contribution in [1.82, 2.24) is 4.98 Å². The second kappa shape index (κ2) is 6.12. The number of aromatic nitrogens is 1. The minimum absolute atomic E-state index is 0.595. The lowest BCUT2D eigenvalue weighted by Crippen LogP contribution is -2.18. The third kappa shape index (κ3) is 3.60. The Hall–Kier alpha value is -1.46. The van der Waals surface area contributed by atoms with Gasteiger partial charge in [0.15, 0.2) is 10.2 Å². The third-order valence-electron chi connectivity index (χ3n) is 3.72. The van der Waals surface area contributed by atoms with Crippen LogP contribution in [0.2, 0.25) is 0 Å². The van der Waals surface area contributed by atoms with Crippen LogP contribution in [0.5, 0.6) is 0 Å². The van der Waals surface area contributed by atoms with E-state index < -0.39 is 0 Å². The van der Waals surface area contributed by atoms with Crippen molar-refractivity contribution < 1.29 is 0 Å². The molecule has 21 heavy (non-hydrogen) atoms. The van der Waals surface area contributed by atoms with Gasteiger partial charge in [0, 0.05) is 10.6 Å². The molecular formula is C16H19N3S2. The van der Waals surface area contributed by atoms with E-state index in [-0.39, 0.29) is 0 Å². The molecule has 0 spiro atoms. The molecule has 2 aromatic rings. The second-order valence-electron chi connectivity index (χ2n) is 5.68. The highest BCUT2D eigenvalue weighted by Gasteiger charge is 2.19. The van der Waals surface area contributed by atoms with Gasteiger partial charge in [0.25, 0.3) is 0 Å². The Morgan fingerprint density at radius 2 is 2.05 bits per heavy atom. The third-order valence-corrected chi connectivity index (χ3v) is 4.96. The lowest BCUT2D eigenvalue weighted by molar-refractivity contribution is 0.502. The van der Waals surface area contributed by atoms with E-state index in [1.54, 1.807) is 11.3 Å². The maximum absolute atomic E-state index is 5.36. The van der Waals surface area contributed by atoms with Gasteiger partial charge < -0.3 is 10.6 Å². The molecule has 0 amide bonds. The molecule has 1 unspecified atom stereocenters. The Morgan fingerprint density at radius 1 is 1.29 bits per heavy atom. The van der Waals surface area contributed by atoms with Crippen molar-refractivity contribution in [3.05, 3.63) is 40.4 Å². The number of anilines is 2. The van der Waals surface area contributed by atoms with E-state index in [0.717, 1.165) is 29.6 Å². The van der Waals surface area contributed by atoms with Gasteiger partial charge in [-0.2, -0.15) is 0 Å². The summed E-state index contributed by atoms with van der Waals surface area (Å²) in [5, 5.41) is 7.90. The highest BCUT2D eigenvalue weighted by Crippen LogP contribution is 2.32. The normalized spacial score (nSPS) is 17.1. The van der Waals surface area contributed by atoms with Crippen molar-refractivity contribution >= 4 is 39.5 Å². The monoisotopic (exact) mass is 317 g/mol. The molecule has 0 fully saturated rings. The van der Waals surface area contributed by atoms with Crippen molar-refractivity contribution in [2.45, 2.75) is 33.1 Å². The number of nitrogens with one attached hydrogen (secondary N) is 2. The molecule has 1 heterocycles. The lowest BCUT2D eigenvalue weighted by atomic mass is 9.93. The number of hydrogen-bond donors (Lipinski definition) is 2. The number of thiocarbonyl (C=S) groups is 1. The van der Waals surface area contributed by atoms with Crippen molar-refractivity contribution in [2.24, 2.45) is 5.92 Å². The Balaban J connectivity index is 1.64. The zero-order valence-electron chi connectivity index (χ0n) is 12.3. The summed E-state index contributed by atoms with van der Waals surface area (Å²) < 4.78 is 0. The standard InChI is InChI=1S/C16H19N3S2/c1-10-3-6-12(7-4-10)17-15(20)19-16-18-13-8-5-11(2)9-14(13)21-16/h3-4,6-7,11H,5,8-9H2,1-2H3,(H2,17,18,19,20). The lowest BCUT2D eigenvalue weighted by Gasteiger charge is -2.15. The van der Waals surface area contributed by atoms with E-state index >= 15 is 0 Å². The molecular weight excluding hydrogens is 298 g/mol. The van der Waals surface area contributed by atoms with Crippen LogP contribution in [0.4, 0.5) is 10.8 Å². The van der Waals surface area contributed by atoms with Gasteiger partial charge in [0.2, 0.25) is 0 Å². The van der Waals surface area contributed by atoms with Gasteiger partial charge in [-0.25, -0.2) is 4.98 Å². The van der Waals surface area contributed by atoms with E-state index in [1.807, 2.05) is 12.1 Å². The van der Waals surface area contributed by atoms with Crippen LogP contribution < -0.4 is 10.6 Å². The molecule has 0 bridgehead atoms. The Labute approximate surface area is 134 Å². The number of thiazole rings is 1. The quantitative estimate of drug-likeness (QED) is 0.806. The zero-order valence-corrected chi connectivity index (χ0v) is 13.9. The molecule has 1 atom stereocenters. The summed E-state index contributed by atoms with van der Waals surface area (Å²) in [5.41, 5.74) is 3.48. The van der Waals surface area contributed by atoms with Gasteiger partial charge in [0.1, 0.15) is 0 Å². The largest absolute Gasteiger partial charge is 0.332 e. The molecule has 5 heteroatoms. The summed E-state index contributed by atoms with van der Waals surface area (Å²) in [5.74, 6) is 0.767. The topological polar surface area (TPSA) is 37.0 Å². The summed E-state index contributed by atoms with van der Waals surface area (Å²) in [4.78, 5) is 6.07. The van der Waals surface area contributed by atoms with Gasteiger partial charge in [-0.15, -0.1) is 11.3 Å². The van der Waals surface area contributed by atoms with E-state index in [2.05, 4.69) is 41.6 Å². The predicted molar refractivity (Wildman–Crippen MR) is 94.3 cm³/mol. The van der Waals surface area contributed by atoms with Crippen LogP contribution in [0.15, 0.2) is 24.3 Å². The van der Waals surface area contributed by atoms with Gasteiger partial charge >= 0.3 is 0 Å². The second-order valence-corrected chi connectivity index (χ2v) is 7.17. The molecule has 1 aromatic carbocycles. The van der Waals surface area contributed by atoms with Crippen LogP contribution >= 0.6 is 23.6 Å². The first-order chi connectivity index (χ1) is 10.1. The number of nitrogens with zero attached hydrogens (tertiary/aromatic N) is 1. The summed E-state index contributed by atoms with van der Waals surface area (Å²) in [6.45, 7) is 4.38. The van der Waals surface area contributed by atoms with Gasteiger partial charge in [-0.05, 0) is 56.5 Å². The van der Waals surface area contributed by atoms with E-state index in [4.69, 9.17) is 12.2 Å². The number of aryl methyl sites for hydroxylation is 2. The fourth-order valence-electron chi connectivity index (χ4n) is 2.49. The molecule has 1 aliphatic carbocycles. The minimum atomic E-state index is 0.595. The molecule has 0 saturated carbocycles. The molecule has 0 aliphatic heterocycles. The molecule has 1 aromatic heterocycles. The molecule has 0 radical (unpaired) electrons. The van der Waals surface area contributed by atoms with Gasteiger partial charge in [-0.3, -0.25) is 0 Å². The van der Waals surface area contributed by atoms with Crippen LogP contribution in [0.1, 0.15) is 29.5 Å². The van der Waals surface area contributed by atoms with E-state index in [0.29, 0.717) is 5.11 Å². The first-order valence-corrected chi connectivity index (χ1v) is 8.46. The van der Waals surface area contributed by atoms with E-state index in [9.17, 15) is 0 Å². The maximum Gasteiger partial charge on any atom is 0.189 e. The number of hydrogen-bond acceptors (Lipinski definition) is 3. The maximum atomic E-state index is 5.36. The number of benzene rings is 1. The van der Waals surface area contributed by atoms with Crippen LogP contribution in [0.25, 0.3) is 0 Å².